The summed E-state index contributed by atoms with van der Waals surface area (Å²) in [6.07, 6.45) is 0. The summed E-state index contributed by atoms with van der Waals surface area (Å²) in [6, 6.07) is 8.02. The van der Waals surface area contributed by atoms with Crippen molar-refractivity contribution >= 4 is 20.0 Å². The van der Waals surface area contributed by atoms with E-state index in [2.05, 4.69) is 0 Å². The predicted octanol–water partition coefficient (Wildman–Crippen LogP) is 2.06. The van der Waals surface area contributed by atoms with E-state index in [1.165, 1.54) is 16.4 Å². The summed E-state index contributed by atoms with van der Waals surface area (Å²) in [6.45, 7) is 1.86. The van der Waals surface area contributed by atoms with E-state index >= 15 is 0 Å². The zero-order chi connectivity index (χ0) is 21.2. The molecule has 1 saturated heterocycles. The molecule has 1 aliphatic heterocycles. The second-order valence-electron chi connectivity index (χ2n) is 6.32. The fourth-order valence-electron chi connectivity index (χ4n) is 3.00. The van der Waals surface area contributed by atoms with E-state index in [4.69, 9.17) is 4.74 Å². The Labute approximate surface area is 168 Å². The van der Waals surface area contributed by atoms with Gasteiger partial charge in [0.1, 0.15) is 17.4 Å². The van der Waals surface area contributed by atoms with Crippen LogP contribution in [0.3, 0.4) is 0 Å². The summed E-state index contributed by atoms with van der Waals surface area (Å²) in [5.74, 6) is -1.45. The lowest BCUT2D eigenvalue weighted by Crippen LogP contribution is -2.50. The third-order valence-corrected chi connectivity index (χ3v) is 8.23. The first-order valence-corrected chi connectivity index (χ1v) is 11.7. The van der Waals surface area contributed by atoms with Crippen molar-refractivity contribution in [3.8, 4) is 5.75 Å². The van der Waals surface area contributed by atoms with Crippen molar-refractivity contribution in [2.24, 2.45) is 0 Å². The molecule has 0 bridgehead atoms. The van der Waals surface area contributed by atoms with Crippen molar-refractivity contribution in [3.05, 3.63) is 54.1 Å². The minimum atomic E-state index is -4.14. The van der Waals surface area contributed by atoms with Gasteiger partial charge in [-0.25, -0.2) is 25.6 Å². The van der Waals surface area contributed by atoms with E-state index in [0.717, 1.165) is 16.4 Å². The molecule has 0 aliphatic carbocycles. The van der Waals surface area contributed by atoms with Crippen LogP contribution in [-0.4, -0.2) is 58.2 Å². The molecular weight excluding hydrogens is 426 g/mol. The zero-order valence-corrected chi connectivity index (χ0v) is 17.2. The molecule has 11 heteroatoms. The standard InChI is InChI=1S/C18H20F2N2O5S2/c1-2-27-16-3-5-17(6-4-16)28(23,24)21-7-9-22(10-8-21)29(25,26)18-12-14(19)11-15(20)13-18/h3-6,11-13H,2,7-10H2,1H3. The number of nitrogens with zero attached hydrogens (tertiary/aromatic N) is 2. The highest BCUT2D eigenvalue weighted by molar-refractivity contribution is 7.89. The van der Waals surface area contributed by atoms with Gasteiger partial charge in [-0.15, -0.1) is 0 Å². The summed E-state index contributed by atoms with van der Waals surface area (Å²) in [5.41, 5.74) is 0. The number of benzene rings is 2. The highest BCUT2D eigenvalue weighted by Crippen LogP contribution is 2.24. The smallest absolute Gasteiger partial charge is 0.243 e. The SMILES string of the molecule is CCOc1ccc(S(=O)(=O)N2CCN(S(=O)(=O)c3cc(F)cc(F)c3)CC2)cc1. The number of ether oxygens (including phenoxy) is 1. The summed E-state index contributed by atoms with van der Waals surface area (Å²) in [5, 5.41) is 0. The number of hydrogen-bond donors (Lipinski definition) is 0. The molecule has 0 amide bonds. The van der Waals surface area contributed by atoms with Crippen LogP contribution in [-0.2, 0) is 20.0 Å². The number of rotatable bonds is 6. The van der Waals surface area contributed by atoms with Gasteiger partial charge in [0.15, 0.2) is 0 Å². The molecule has 0 unspecified atom stereocenters. The van der Waals surface area contributed by atoms with Gasteiger partial charge in [0, 0.05) is 32.2 Å². The van der Waals surface area contributed by atoms with Gasteiger partial charge >= 0.3 is 0 Å². The minimum absolute atomic E-state index is 0.0736. The van der Waals surface area contributed by atoms with Crippen LogP contribution in [0.2, 0.25) is 0 Å². The van der Waals surface area contributed by atoms with Gasteiger partial charge in [0.25, 0.3) is 0 Å². The molecule has 0 saturated carbocycles. The summed E-state index contributed by atoms with van der Waals surface area (Å²) in [7, 11) is -7.94. The highest BCUT2D eigenvalue weighted by Gasteiger charge is 2.34. The molecule has 29 heavy (non-hydrogen) atoms. The summed E-state index contributed by atoms with van der Waals surface area (Å²) in [4.78, 5) is -0.428. The molecule has 2 aromatic carbocycles. The van der Waals surface area contributed by atoms with Gasteiger partial charge in [0.2, 0.25) is 20.0 Å². The van der Waals surface area contributed by atoms with Gasteiger partial charge in [-0.3, -0.25) is 0 Å². The number of hydrogen-bond acceptors (Lipinski definition) is 5. The zero-order valence-electron chi connectivity index (χ0n) is 15.6. The van der Waals surface area contributed by atoms with Crippen LogP contribution in [0.15, 0.2) is 52.3 Å². The Morgan fingerprint density at radius 1 is 0.793 bits per heavy atom. The van der Waals surface area contributed by atoms with Gasteiger partial charge in [-0.2, -0.15) is 8.61 Å². The van der Waals surface area contributed by atoms with Crippen LogP contribution in [0.1, 0.15) is 6.92 Å². The lowest BCUT2D eigenvalue weighted by atomic mass is 10.3. The average Bonchev–Trinajstić information content (AvgIpc) is 2.68. The van der Waals surface area contributed by atoms with Crippen LogP contribution >= 0.6 is 0 Å². The normalized spacial score (nSPS) is 16.7. The monoisotopic (exact) mass is 446 g/mol. The van der Waals surface area contributed by atoms with Crippen molar-refractivity contribution in [2.45, 2.75) is 16.7 Å². The molecule has 0 aromatic heterocycles. The van der Waals surface area contributed by atoms with E-state index < -0.39 is 36.6 Å². The Balaban J connectivity index is 1.73. The number of sulfonamides is 2. The first-order chi connectivity index (χ1) is 13.6. The van der Waals surface area contributed by atoms with Crippen LogP contribution in [0.5, 0.6) is 5.75 Å². The fourth-order valence-corrected chi connectivity index (χ4v) is 5.89. The van der Waals surface area contributed by atoms with E-state index in [1.54, 1.807) is 12.1 Å². The van der Waals surface area contributed by atoms with Crippen molar-refractivity contribution in [1.29, 1.82) is 0 Å². The predicted molar refractivity (Wildman–Crippen MR) is 101 cm³/mol. The van der Waals surface area contributed by atoms with Crippen LogP contribution in [0.4, 0.5) is 8.78 Å². The van der Waals surface area contributed by atoms with Crippen molar-refractivity contribution in [1.82, 2.24) is 8.61 Å². The van der Waals surface area contributed by atoms with Gasteiger partial charge in [-0.1, -0.05) is 0 Å². The van der Waals surface area contributed by atoms with E-state index in [0.29, 0.717) is 18.4 Å². The second-order valence-corrected chi connectivity index (χ2v) is 10.2. The summed E-state index contributed by atoms with van der Waals surface area (Å²) >= 11 is 0. The molecule has 158 valence electrons. The van der Waals surface area contributed by atoms with Crippen LogP contribution in [0.25, 0.3) is 0 Å². The molecule has 1 aliphatic rings. The van der Waals surface area contributed by atoms with Crippen molar-refractivity contribution in [3.63, 3.8) is 0 Å². The second kappa shape index (κ2) is 8.34. The van der Waals surface area contributed by atoms with E-state index in [-0.39, 0.29) is 31.1 Å². The first kappa shape index (κ1) is 21.6. The molecular formula is C18H20F2N2O5S2. The Bertz CT molecular complexity index is 1060. The molecule has 1 fully saturated rings. The molecule has 0 radical (unpaired) electrons. The Morgan fingerprint density at radius 3 is 1.69 bits per heavy atom. The Kier molecular flexibility index (Phi) is 6.22. The highest BCUT2D eigenvalue weighted by atomic mass is 32.2. The lowest BCUT2D eigenvalue weighted by molar-refractivity contribution is 0.272. The average molecular weight is 446 g/mol. The maximum absolute atomic E-state index is 13.4. The Hall–Kier alpha value is -2.08. The molecule has 3 rings (SSSR count). The maximum atomic E-state index is 13.4. The largest absolute Gasteiger partial charge is 0.494 e. The molecule has 1 heterocycles. The lowest BCUT2D eigenvalue weighted by Gasteiger charge is -2.33. The minimum Gasteiger partial charge on any atom is -0.494 e. The summed E-state index contributed by atoms with van der Waals surface area (Å²) < 4.78 is 85.1. The van der Waals surface area contributed by atoms with Crippen molar-refractivity contribution < 1.29 is 30.4 Å². The molecule has 0 atom stereocenters. The molecule has 0 N–H and O–H groups in total. The van der Waals surface area contributed by atoms with Gasteiger partial charge in [-0.05, 0) is 43.3 Å². The number of halogens is 2. The van der Waals surface area contributed by atoms with Crippen LogP contribution < -0.4 is 4.74 Å². The van der Waals surface area contributed by atoms with Crippen LogP contribution in [0, 0.1) is 11.6 Å². The number of piperazine rings is 1. The quantitative estimate of drug-likeness (QED) is 0.678. The van der Waals surface area contributed by atoms with Gasteiger partial charge in [0.05, 0.1) is 16.4 Å². The van der Waals surface area contributed by atoms with Gasteiger partial charge < -0.3 is 4.74 Å². The molecule has 7 nitrogen and oxygen atoms in total. The topological polar surface area (TPSA) is 84.0 Å². The maximum Gasteiger partial charge on any atom is 0.243 e. The first-order valence-electron chi connectivity index (χ1n) is 8.84. The van der Waals surface area contributed by atoms with Crippen molar-refractivity contribution in [2.75, 3.05) is 32.8 Å². The molecule has 0 spiro atoms. The van der Waals surface area contributed by atoms with E-state index in [1.807, 2.05) is 6.92 Å². The third-order valence-electron chi connectivity index (χ3n) is 4.44. The Morgan fingerprint density at radius 2 is 1.24 bits per heavy atom. The third kappa shape index (κ3) is 4.58. The van der Waals surface area contributed by atoms with E-state index in [9.17, 15) is 25.6 Å². The fraction of sp³-hybridized carbons (Fsp3) is 0.333. The molecule has 2 aromatic rings.